The number of hydrogen-bond donors (Lipinski definition) is 1. The van der Waals surface area contributed by atoms with Crippen LogP contribution in [0, 0.1) is 13.8 Å². The Bertz CT molecular complexity index is 995. The number of likely N-dealkylation sites (tertiary alicyclic amines) is 1. The minimum atomic E-state index is -0.696. The molecule has 1 heterocycles. The summed E-state index contributed by atoms with van der Waals surface area (Å²) in [6, 6.07) is 12.0. The summed E-state index contributed by atoms with van der Waals surface area (Å²) >= 11 is 0. The van der Waals surface area contributed by atoms with E-state index in [0.717, 1.165) is 11.1 Å². The van der Waals surface area contributed by atoms with Crippen molar-refractivity contribution in [2.45, 2.75) is 26.3 Å². The predicted molar refractivity (Wildman–Crippen MR) is 114 cm³/mol. The highest BCUT2D eigenvalue weighted by Gasteiger charge is 2.45. The molecule has 0 saturated carbocycles. The van der Waals surface area contributed by atoms with Crippen LogP contribution in [-0.2, 0) is 14.3 Å². The Morgan fingerprint density at radius 1 is 1.07 bits per heavy atom. The molecule has 0 spiro atoms. The fraction of sp³-hybridized carbons (Fsp3) is 0.333. The molecule has 1 amide bonds. The lowest BCUT2D eigenvalue weighted by atomic mass is 9.94. The summed E-state index contributed by atoms with van der Waals surface area (Å²) in [6.45, 7) is 4.72. The smallest absolute Gasteiger partial charge is 0.295 e. The highest BCUT2D eigenvalue weighted by Crippen LogP contribution is 2.40. The van der Waals surface area contributed by atoms with Crippen LogP contribution in [0.15, 0.2) is 48.0 Å². The van der Waals surface area contributed by atoms with Crippen LogP contribution in [0.4, 0.5) is 0 Å². The number of ether oxygens (including phenoxy) is 2. The van der Waals surface area contributed by atoms with E-state index in [2.05, 4.69) is 0 Å². The molecule has 0 bridgehead atoms. The van der Waals surface area contributed by atoms with Crippen LogP contribution >= 0.6 is 0 Å². The van der Waals surface area contributed by atoms with Crippen molar-refractivity contribution in [2.24, 2.45) is 0 Å². The molecule has 1 N–H and O–H groups in total. The molecule has 1 fully saturated rings. The number of Topliss-reactive ketones (excluding diaryl/α,β-unsaturated/α-hetero) is 1. The Balaban J connectivity index is 2.15. The topological polar surface area (TPSA) is 76.1 Å². The van der Waals surface area contributed by atoms with Crippen molar-refractivity contribution in [3.8, 4) is 5.75 Å². The Kier molecular flexibility index (Phi) is 6.57. The summed E-state index contributed by atoms with van der Waals surface area (Å²) in [4.78, 5) is 27.3. The van der Waals surface area contributed by atoms with Crippen molar-refractivity contribution in [1.82, 2.24) is 4.90 Å². The Labute approximate surface area is 176 Å². The van der Waals surface area contributed by atoms with Crippen LogP contribution in [0.2, 0.25) is 0 Å². The summed E-state index contributed by atoms with van der Waals surface area (Å²) in [5, 5.41) is 11.1. The number of ketones is 1. The van der Waals surface area contributed by atoms with Gasteiger partial charge in [-0.15, -0.1) is 0 Å². The molecular formula is C24H27NO5. The van der Waals surface area contributed by atoms with E-state index in [1.165, 1.54) is 4.90 Å². The van der Waals surface area contributed by atoms with Crippen LogP contribution in [0.25, 0.3) is 5.76 Å². The van der Waals surface area contributed by atoms with E-state index in [-0.39, 0.29) is 11.3 Å². The molecule has 1 aliphatic heterocycles. The maximum absolute atomic E-state index is 13.0. The summed E-state index contributed by atoms with van der Waals surface area (Å²) in [5.41, 5.74) is 3.38. The quantitative estimate of drug-likeness (QED) is 0.326. The van der Waals surface area contributed by atoms with Gasteiger partial charge in [-0.3, -0.25) is 9.59 Å². The van der Waals surface area contributed by atoms with Crippen molar-refractivity contribution >= 4 is 17.4 Å². The van der Waals surface area contributed by atoms with Crippen LogP contribution in [0.1, 0.15) is 34.7 Å². The zero-order chi connectivity index (χ0) is 21.8. The monoisotopic (exact) mass is 409 g/mol. The lowest BCUT2D eigenvalue weighted by molar-refractivity contribution is -0.140. The molecule has 0 aromatic heterocycles. The Morgan fingerprint density at radius 3 is 2.50 bits per heavy atom. The number of aliphatic hydroxyl groups is 1. The summed E-state index contributed by atoms with van der Waals surface area (Å²) < 4.78 is 10.4. The highest BCUT2D eigenvalue weighted by molar-refractivity contribution is 6.46. The van der Waals surface area contributed by atoms with Gasteiger partial charge in [-0.25, -0.2) is 0 Å². The SMILES string of the molecule is COCCCN1C(=O)C(=O)/C(=C(\O)c2ccc(C)c(C)c2)C1c1cccc(OC)c1. The van der Waals surface area contributed by atoms with E-state index in [0.29, 0.717) is 36.4 Å². The molecule has 158 valence electrons. The van der Waals surface area contributed by atoms with Gasteiger partial charge in [0.1, 0.15) is 11.5 Å². The van der Waals surface area contributed by atoms with Crippen molar-refractivity contribution in [2.75, 3.05) is 27.4 Å². The molecule has 1 saturated heterocycles. The van der Waals surface area contributed by atoms with Gasteiger partial charge in [0.2, 0.25) is 0 Å². The zero-order valence-electron chi connectivity index (χ0n) is 17.8. The molecule has 1 unspecified atom stereocenters. The number of methoxy groups -OCH3 is 2. The molecule has 30 heavy (non-hydrogen) atoms. The first-order chi connectivity index (χ1) is 14.4. The van der Waals surface area contributed by atoms with Crippen molar-refractivity contribution in [3.05, 3.63) is 70.3 Å². The first-order valence-electron chi connectivity index (χ1n) is 9.88. The first kappa shape index (κ1) is 21.6. The molecular weight excluding hydrogens is 382 g/mol. The van der Waals surface area contributed by atoms with E-state index in [1.54, 1.807) is 38.5 Å². The molecule has 1 atom stereocenters. The summed E-state index contributed by atoms with van der Waals surface area (Å²) in [7, 11) is 3.15. The van der Waals surface area contributed by atoms with Gasteiger partial charge in [0.05, 0.1) is 18.7 Å². The van der Waals surface area contributed by atoms with Gasteiger partial charge < -0.3 is 19.5 Å². The average molecular weight is 409 g/mol. The third-order valence-corrected chi connectivity index (χ3v) is 5.48. The van der Waals surface area contributed by atoms with Crippen LogP contribution in [0.5, 0.6) is 5.75 Å². The summed E-state index contributed by atoms with van der Waals surface area (Å²) in [5.74, 6) is -0.861. The third-order valence-electron chi connectivity index (χ3n) is 5.48. The maximum Gasteiger partial charge on any atom is 0.295 e. The number of rotatable bonds is 7. The van der Waals surface area contributed by atoms with Gasteiger partial charge >= 0.3 is 0 Å². The lowest BCUT2D eigenvalue weighted by Crippen LogP contribution is -2.31. The summed E-state index contributed by atoms with van der Waals surface area (Å²) in [6.07, 6.45) is 0.577. The predicted octanol–water partition coefficient (Wildman–Crippen LogP) is 3.77. The molecule has 2 aromatic rings. The van der Waals surface area contributed by atoms with Gasteiger partial charge in [-0.1, -0.05) is 24.3 Å². The van der Waals surface area contributed by atoms with Crippen molar-refractivity contribution < 1.29 is 24.2 Å². The fourth-order valence-corrected chi connectivity index (χ4v) is 3.69. The number of benzene rings is 2. The Morgan fingerprint density at radius 2 is 1.83 bits per heavy atom. The lowest BCUT2D eigenvalue weighted by Gasteiger charge is -2.25. The zero-order valence-corrected chi connectivity index (χ0v) is 17.8. The fourth-order valence-electron chi connectivity index (χ4n) is 3.69. The first-order valence-corrected chi connectivity index (χ1v) is 9.88. The number of carbonyl (C=O) groups excluding carboxylic acids is 2. The Hall–Kier alpha value is -3.12. The van der Waals surface area contributed by atoms with Crippen LogP contribution in [-0.4, -0.2) is 49.1 Å². The van der Waals surface area contributed by atoms with Crippen molar-refractivity contribution in [3.63, 3.8) is 0 Å². The maximum atomic E-state index is 13.0. The molecule has 6 heteroatoms. The molecule has 2 aromatic carbocycles. The number of aliphatic hydroxyl groups excluding tert-OH is 1. The van der Waals surface area contributed by atoms with Gasteiger partial charge in [-0.05, 0) is 55.2 Å². The number of hydrogen-bond acceptors (Lipinski definition) is 5. The normalized spacial score (nSPS) is 18.1. The highest BCUT2D eigenvalue weighted by atomic mass is 16.5. The van der Waals surface area contributed by atoms with Crippen molar-refractivity contribution in [1.29, 1.82) is 0 Å². The third kappa shape index (κ3) is 4.09. The standard InChI is InChI=1S/C24H27NO5/c1-15-9-10-18(13-16(15)2)22(26)20-21(17-7-5-8-19(14-17)30-4)25(11-6-12-29-3)24(28)23(20)27/h5,7-10,13-14,21,26H,6,11-12H2,1-4H3/b22-20-. The number of nitrogens with zero attached hydrogens (tertiary/aromatic N) is 1. The second kappa shape index (κ2) is 9.13. The van der Waals surface area contributed by atoms with Crippen LogP contribution in [0.3, 0.4) is 0 Å². The number of aryl methyl sites for hydroxylation is 2. The molecule has 0 aliphatic carbocycles. The molecule has 1 aliphatic rings. The minimum Gasteiger partial charge on any atom is -0.507 e. The van der Waals surface area contributed by atoms with Gasteiger partial charge in [0.25, 0.3) is 11.7 Å². The second-order valence-electron chi connectivity index (χ2n) is 7.41. The van der Waals surface area contributed by atoms with E-state index < -0.39 is 17.7 Å². The number of amides is 1. The largest absolute Gasteiger partial charge is 0.507 e. The second-order valence-corrected chi connectivity index (χ2v) is 7.41. The minimum absolute atomic E-state index is 0.0916. The molecule has 3 rings (SSSR count). The van der Waals surface area contributed by atoms with Crippen LogP contribution < -0.4 is 4.74 Å². The van der Waals surface area contributed by atoms with Gasteiger partial charge in [0.15, 0.2) is 0 Å². The molecule has 6 nitrogen and oxygen atoms in total. The number of carbonyl (C=O) groups is 2. The van der Waals surface area contributed by atoms with E-state index in [1.807, 2.05) is 32.0 Å². The van der Waals surface area contributed by atoms with Gasteiger partial charge in [-0.2, -0.15) is 0 Å². The average Bonchev–Trinajstić information content (AvgIpc) is 3.00. The van der Waals surface area contributed by atoms with Gasteiger partial charge in [0, 0.05) is 25.8 Å². The van der Waals surface area contributed by atoms with E-state index >= 15 is 0 Å². The van der Waals surface area contributed by atoms with E-state index in [4.69, 9.17) is 9.47 Å². The molecule has 0 radical (unpaired) electrons. The van der Waals surface area contributed by atoms with E-state index in [9.17, 15) is 14.7 Å².